The summed E-state index contributed by atoms with van der Waals surface area (Å²) in [7, 11) is 2.03. The van der Waals surface area contributed by atoms with Crippen molar-refractivity contribution in [2.24, 2.45) is 7.05 Å². The Kier molecular flexibility index (Phi) is 3.38. The van der Waals surface area contributed by atoms with E-state index in [1.165, 1.54) is 0 Å². The van der Waals surface area contributed by atoms with Gasteiger partial charge in [-0.25, -0.2) is 0 Å². The predicted octanol–water partition coefficient (Wildman–Crippen LogP) is 5.89. The van der Waals surface area contributed by atoms with Gasteiger partial charge in [-0.15, -0.1) is 0 Å². The molecule has 0 aliphatic rings. The maximum absolute atomic E-state index is 6.15. The molecule has 2 heterocycles. The van der Waals surface area contributed by atoms with Gasteiger partial charge in [0.2, 0.25) is 0 Å². The lowest BCUT2D eigenvalue weighted by Crippen LogP contribution is -1.90. The van der Waals surface area contributed by atoms with Crippen LogP contribution in [0.2, 0.25) is 0 Å². The summed E-state index contributed by atoms with van der Waals surface area (Å²) in [6.45, 7) is 13.8. The second-order valence-corrected chi connectivity index (χ2v) is 5.19. The average Bonchev–Trinajstić information content (AvgIpc) is 3.01. The SMILES string of the molecule is C=Cc1c(/C=C\C)oc2c1ccc1c2c(C=C)c(C=C)n1C. The third-order valence-electron chi connectivity index (χ3n) is 4.09. The molecule has 0 unspecified atom stereocenters. The number of aryl methyl sites for hydroxylation is 1. The van der Waals surface area contributed by atoms with Gasteiger partial charge in [-0.3, -0.25) is 0 Å². The van der Waals surface area contributed by atoms with Crippen molar-refractivity contribution in [3.8, 4) is 0 Å². The Labute approximate surface area is 130 Å². The minimum absolute atomic E-state index is 0.832. The standard InChI is InChI=1S/C20H19NO/c1-6-10-18-13(7-2)15-11-12-17-19(20(15)22-18)14(8-3)16(9-4)21(17)5/h6-12H,2-4H2,1,5H3/b10-6-. The second-order valence-electron chi connectivity index (χ2n) is 5.19. The van der Waals surface area contributed by atoms with Crippen LogP contribution < -0.4 is 0 Å². The molecule has 0 saturated carbocycles. The monoisotopic (exact) mass is 289 g/mol. The van der Waals surface area contributed by atoms with E-state index in [0.717, 1.165) is 44.5 Å². The van der Waals surface area contributed by atoms with Crippen molar-refractivity contribution in [3.63, 3.8) is 0 Å². The smallest absolute Gasteiger partial charge is 0.145 e. The van der Waals surface area contributed by atoms with E-state index in [0.29, 0.717) is 0 Å². The summed E-state index contributed by atoms with van der Waals surface area (Å²) in [5.41, 5.74) is 5.10. The summed E-state index contributed by atoms with van der Waals surface area (Å²) < 4.78 is 8.26. The molecule has 0 N–H and O–H groups in total. The van der Waals surface area contributed by atoms with E-state index in [2.05, 4.69) is 36.4 Å². The van der Waals surface area contributed by atoms with E-state index in [-0.39, 0.29) is 0 Å². The van der Waals surface area contributed by atoms with Gasteiger partial charge in [-0.05, 0) is 31.2 Å². The first kappa shape index (κ1) is 14.2. The first-order chi connectivity index (χ1) is 10.7. The van der Waals surface area contributed by atoms with E-state index in [1.807, 2.05) is 44.4 Å². The maximum Gasteiger partial charge on any atom is 0.145 e. The minimum Gasteiger partial charge on any atom is -0.455 e. The number of rotatable bonds is 4. The van der Waals surface area contributed by atoms with Crippen LogP contribution in [0, 0.1) is 0 Å². The van der Waals surface area contributed by atoms with Gasteiger partial charge in [0.15, 0.2) is 0 Å². The highest BCUT2D eigenvalue weighted by molar-refractivity contribution is 6.12. The van der Waals surface area contributed by atoms with Crippen molar-refractivity contribution in [3.05, 3.63) is 60.5 Å². The molecule has 2 nitrogen and oxygen atoms in total. The molecule has 3 rings (SSSR count). The zero-order valence-corrected chi connectivity index (χ0v) is 13.0. The van der Waals surface area contributed by atoms with E-state index in [9.17, 15) is 0 Å². The van der Waals surface area contributed by atoms with Crippen LogP contribution in [-0.4, -0.2) is 4.57 Å². The topological polar surface area (TPSA) is 18.1 Å². The van der Waals surface area contributed by atoms with Crippen molar-refractivity contribution in [1.82, 2.24) is 4.57 Å². The molecule has 0 saturated heterocycles. The first-order valence-corrected chi connectivity index (χ1v) is 7.25. The Bertz CT molecular complexity index is 948. The molecular weight excluding hydrogens is 270 g/mol. The van der Waals surface area contributed by atoms with Crippen molar-refractivity contribution in [2.45, 2.75) is 6.92 Å². The molecule has 0 aliphatic heterocycles. The summed E-state index contributed by atoms with van der Waals surface area (Å²) in [6.07, 6.45) is 9.50. The highest BCUT2D eigenvalue weighted by atomic mass is 16.3. The quantitative estimate of drug-likeness (QED) is 0.586. The number of furan rings is 1. The Balaban J connectivity index is 2.58. The number of allylic oxidation sites excluding steroid dienone is 1. The molecule has 0 aliphatic carbocycles. The Morgan fingerprint density at radius 2 is 1.77 bits per heavy atom. The number of aromatic nitrogens is 1. The van der Waals surface area contributed by atoms with Gasteiger partial charge in [0.1, 0.15) is 11.3 Å². The van der Waals surface area contributed by atoms with Gasteiger partial charge < -0.3 is 8.98 Å². The lowest BCUT2D eigenvalue weighted by Gasteiger charge is -1.98. The molecule has 110 valence electrons. The molecule has 0 bridgehead atoms. The van der Waals surface area contributed by atoms with E-state index >= 15 is 0 Å². The zero-order valence-electron chi connectivity index (χ0n) is 13.0. The van der Waals surface area contributed by atoms with Crippen LogP contribution in [0.25, 0.3) is 46.2 Å². The fourth-order valence-corrected chi connectivity index (χ4v) is 3.11. The van der Waals surface area contributed by atoms with Gasteiger partial charge in [-0.1, -0.05) is 38.0 Å². The van der Waals surface area contributed by atoms with Gasteiger partial charge in [0.05, 0.1) is 10.9 Å². The molecule has 0 fully saturated rings. The number of fused-ring (bicyclic) bond motifs is 3. The second kappa shape index (κ2) is 5.23. The fraction of sp³-hybridized carbons (Fsp3) is 0.100. The van der Waals surface area contributed by atoms with Crippen LogP contribution in [0.4, 0.5) is 0 Å². The molecule has 0 amide bonds. The van der Waals surface area contributed by atoms with E-state index in [4.69, 9.17) is 4.42 Å². The number of hydrogen-bond acceptors (Lipinski definition) is 1. The predicted molar refractivity (Wildman–Crippen MR) is 97.7 cm³/mol. The third-order valence-corrected chi connectivity index (χ3v) is 4.09. The van der Waals surface area contributed by atoms with Crippen molar-refractivity contribution in [1.29, 1.82) is 0 Å². The van der Waals surface area contributed by atoms with Crippen molar-refractivity contribution < 1.29 is 4.42 Å². The van der Waals surface area contributed by atoms with E-state index in [1.54, 1.807) is 0 Å². The Morgan fingerprint density at radius 1 is 1.05 bits per heavy atom. The van der Waals surface area contributed by atoms with Gasteiger partial charge in [0, 0.05) is 29.3 Å². The minimum atomic E-state index is 0.832. The summed E-state index contributed by atoms with van der Waals surface area (Å²) in [5, 5.41) is 2.14. The molecule has 0 atom stereocenters. The lowest BCUT2D eigenvalue weighted by atomic mass is 10.1. The highest BCUT2D eigenvalue weighted by Crippen LogP contribution is 2.38. The molecule has 0 spiro atoms. The van der Waals surface area contributed by atoms with Crippen LogP contribution >= 0.6 is 0 Å². The van der Waals surface area contributed by atoms with Gasteiger partial charge >= 0.3 is 0 Å². The Morgan fingerprint density at radius 3 is 2.36 bits per heavy atom. The maximum atomic E-state index is 6.15. The van der Waals surface area contributed by atoms with Crippen molar-refractivity contribution >= 4 is 46.2 Å². The fourth-order valence-electron chi connectivity index (χ4n) is 3.11. The van der Waals surface area contributed by atoms with Crippen LogP contribution in [0.1, 0.15) is 29.5 Å². The molecule has 0 radical (unpaired) electrons. The number of hydrogen-bond donors (Lipinski definition) is 0. The summed E-state index contributed by atoms with van der Waals surface area (Å²) >= 11 is 0. The molecular formula is C20H19NO. The summed E-state index contributed by atoms with van der Waals surface area (Å²) in [5.74, 6) is 0.832. The largest absolute Gasteiger partial charge is 0.455 e. The lowest BCUT2D eigenvalue weighted by molar-refractivity contribution is 0.606. The summed E-state index contributed by atoms with van der Waals surface area (Å²) in [6, 6.07) is 4.20. The first-order valence-electron chi connectivity index (χ1n) is 7.25. The molecule has 22 heavy (non-hydrogen) atoms. The molecule has 1 aromatic carbocycles. The Hall–Kier alpha value is -2.74. The van der Waals surface area contributed by atoms with Gasteiger partial charge in [0.25, 0.3) is 0 Å². The van der Waals surface area contributed by atoms with Gasteiger partial charge in [-0.2, -0.15) is 0 Å². The summed E-state index contributed by atoms with van der Waals surface area (Å²) in [4.78, 5) is 0. The normalized spacial score (nSPS) is 11.5. The van der Waals surface area contributed by atoms with Crippen LogP contribution in [0.15, 0.2) is 42.4 Å². The molecule has 2 heteroatoms. The molecule has 3 aromatic rings. The highest BCUT2D eigenvalue weighted by Gasteiger charge is 2.18. The zero-order chi connectivity index (χ0) is 15.9. The van der Waals surface area contributed by atoms with Crippen LogP contribution in [0.5, 0.6) is 0 Å². The van der Waals surface area contributed by atoms with Crippen molar-refractivity contribution in [2.75, 3.05) is 0 Å². The van der Waals surface area contributed by atoms with E-state index < -0.39 is 0 Å². The number of benzene rings is 1. The van der Waals surface area contributed by atoms with Crippen LogP contribution in [-0.2, 0) is 7.05 Å². The average molecular weight is 289 g/mol. The third kappa shape index (κ3) is 1.74. The van der Waals surface area contributed by atoms with Crippen LogP contribution in [0.3, 0.4) is 0 Å². The number of nitrogens with zero attached hydrogens (tertiary/aromatic N) is 1. The molecule has 2 aromatic heterocycles.